The minimum absolute atomic E-state index is 0.0670. The van der Waals surface area contributed by atoms with Gasteiger partial charge in [0, 0.05) is 26.2 Å². The van der Waals surface area contributed by atoms with Crippen molar-refractivity contribution in [3.8, 4) is 0 Å². The number of ether oxygens (including phenoxy) is 1. The van der Waals surface area contributed by atoms with E-state index in [9.17, 15) is 12.8 Å². The fourth-order valence-electron chi connectivity index (χ4n) is 3.77. The maximum atomic E-state index is 13.3. The van der Waals surface area contributed by atoms with Crippen LogP contribution in [-0.2, 0) is 21.3 Å². The molecule has 5 nitrogen and oxygen atoms in total. The molecular formula is C17H25FN2O3S. The first kappa shape index (κ1) is 17.8. The highest BCUT2D eigenvalue weighted by Gasteiger charge is 2.42. The van der Waals surface area contributed by atoms with Crippen molar-refractivity contribution in [1.29, 1.82) is 0 Å². The minimum Gasteiger partial charge on any atom is -0.369 e. The molecule has 0 bridgehead atoms. The van der Waals surface area contributed by atoms with Gasteiger partial charge < -0.3 is 4.74 Å². The third-order valence-corrected chi connectivity index (χ3v) is 5.53. The zero-order valence-corrected chi connectivity index (χ0v) is 14.8. The Morgan fingerprint density at radius 2 is 2.25 bits per heavy atom. The summed E-state index contributed by atoms with van der Waals surface area (Å²) in [4.78, 5) is 2.29. The lowest BCUT2D eigenvalue weighted by Crippen LogP contribution is -2.46. The van der Waals surface area contributed by atoms with Gasteiger partial charge in [-0.25, -0.2) is 17.5 Å². The first-order chi connectivity index (χ1) is 11.3. The highest BCUT2D eigenvalue weighted by atomic mass is 32.2. The second kappa shape index (κ2) is 7.07. The topological polar surface area (TPSA) is 58.6 Å². The SMILES string of the molecule is CS(=O)(=O)NC[C@@H]1CCC[C@]2(CCN(Cc3cccc(F)c3)C2)O1. The smallest absolute Gasteiger partial charge is 0.208 e. The van der Waals surface area contributed by atoms with E-state index in [4.69, 9.17) is 4.74 Å². The predicted molar refractivity (Wildman–Crippen MR) is 90.6 cm³/mol. The molecule has 24 heavy (non-hydrogen) atoms. The number of sulfonamides is 1. The molecule has 0 radical (unpaired) electrons. The summed E-state index contributed by atoms with van der Waals surface area (Å²) in [5, 5.41) is 0. The Bertz CT molecular complexity index is 682. The summed E-state index contributed by atoms with van der Waals surface area (Å²) in [6, 6.07) is 6.71. The lowest BCUT2D eigenvalue weighted by atomic mass is 9.90. The van der Waals surface area contributed by atoms with Crippen LogP contribution in [0.2, 0.25) is 0 Å². The van der Waals surface area contributed by atoms with E-state index in [2.05, 4.69) is 9.62 Å². The van der Waals surface area contributed by atoms with Crippen molar-refractivity contribution < 1.29 is 17.5 Å². The van der Waals surface area contributed by atoms with Crippen molar-refractivity contribution >= 4 is 10.0 Å². The van der Waals surface area contributed by atoms with Crippen LogP contribution in [0.15, 0.2) is 24.3 Å². The highest BCUT2D eigenvalue weighted by molar-refractivity contribution is 7.88. The average Bonchev–Trinajstić information content (AvgIpc) is 2.87. The van der Waals surface area contributed by atoms with Gasteiger partial charge in [-0.1, -0.05) is 12.1 Å². The first-order valence-corrected chi connectivity index (χ1v) is 10.3. The Balaban J connectivity index is 1.56. The van der Waals surface area contributed by atoms with E-state index in [1.807, 2.05) is 6.07 Å². The molecule has 0 saturated carbocycles. The normalized spacial score (nSPS) is 28.5. The third-order valence-electron chi connectivity index (χ3n) is 4.84. The van der Waals surface area contributed by atoms with Crippen LogP contribution in [0.3, 0.4) is 0 Å². The molecular weight excluding hydrogens is 331 g/mol. The van der Waals surface area contributed by atoms with Gasteiger partial charge >= 0.3 is 0 Å². The molecule has 2 aliphatic heterocycles. The Kier molecular flexibility index (Phi) is 5.24. The van der Waals surface area contributed by atoms with E-state index in [1.54, 1.807) is 12.1 Å². The second-order valence-corrected chi connectivity index (χ2v) is 8.86. The predicted octanol–water partition coefficient (Wildman–Crippen LogP) is 1.89. The summed E-state index contributed by atoms with van der Waals surface area (Å²) >= 11 is 0. The largest absolute Gasteiger partial charge is 0.369 e. The molecule has 7 heteroatoms. The molecule has 2 aliphatic rings. The Morgan fingerprint density at radius 1 is 1.42 bits per heavy atom. The number of halogens is 1. The lowest BCUT2D eigenvalue weighted by molar-refractivity contribution is -0.118. The van der Waals surface area contributed by atoms with Crippen molar-refractivity contribution in [2.24, 2.45) is 0 Å². The Labute approximate surface area is 143 Å². The number of nitrogens with one attached hydrogen (secondary N) is 1. The summed E-state index contributed by atoms with van der Waals surface area (Å²) in [7, 11) is -3.19. The van der Waals surface area contributed by atoms with E-state index in [-0.39, 0.29) is 17.5 Å². The van der Waals surface area contributed by atoms with Crippen LogP contribution in [0.5, 0.6) is 0 Å². The van der Waals surface area contributed by atoms with Crippen molar-refractivity contribution in [2.75, 3.05) is 25.9 Å². The Hall–Kier alpha value is -1.02. The molecule has 2 fully saturated rings. The van der Waals surface area contributed by atoms with Gasteiger partial charge in [-0.3, -0.25) is 4.90 Å². The number of likely N-dealkylation sites (tertiary alicyclic amines) is 1. The van der Waals surface area contributed by atoms with E-state index < -0.39 is 10.0 Å². The van der Waals surface area contributed by atoms with E-state index in [0.717, 1.165) is 50.9 Å². The molecule has 2 heterocycles. The van der Waals surface area contributed by atoms with Crippen molar-refractivity contribution in [3.63, 3.8) is 0 Å². The molecule has 2 atom stereocenters. The number of hydrogen-bond acceptors (Lipinski definition) is 4. The van der Waals surface area contributed by atoms with Crippen molar-refractivity contribution in [2.45, 2.75) is 43.9 Å². The van der Waals surface area contributed by atoms with Crippen LogP contribution in [-0.4, -0.2) is 50.9 Å². The fraction of sp³-hybridized carbons (Fsp3) is 0.647. The van der Waals surface area contributed by atoms with Gasteiger partial charge in [0.1, 0.15) is 5.82 Å². The third kappa shape index (κ3) is 4.75. The molecule has 0 amide bonds. The van der Waals surface area contributed by atoms with Crippen LogP contribution in [0, 0.1) is 5.82 Å². The summed E-state index contributed by atoms with van der Waals surface area (Å²) in [5.41, 5.74) is 0.785. The van der Waals surface area contributed by atoms with Gasteiger partial charge in [0.05, 0.1) is 18.0 Å². The molecule has 3 rings (SSSR count). The number of hydrogen-bond donors (Lipinski definition) is 1. The standard InChI is InChI=1S/C17H25FN2O3S/c1-24(21,22)19-11-16-6-3-7-17(23-16)8-9-20(13-17)12-14-4-2-5-15(18)10-14/h2,4-5,10,16,19H,3,6-9,11-13H2,1H3/t16-,17+/m0/s1. The molecule has 0 unspecified atom stereocenters. The molecule has 1 aromatic rings. The van der Waals surface area contributed by atoms with E-state index in [1.165, 1.54) is 12.3 Å². The van der Waals surface area contributed by atoms with Crippen LogP contribution in [0.25, 0.3) is 0 Å². The summed E-state index contributed by atoms with van der Waals surface area (Å²) in [6.07, 6.45) is 4.97. The molecule has 134 valence electrons. The molecule has 1 aromatic carbocycles. The van der Waals surface area contributed by atoms with Gasteiger partial charge in [-0.2, -0.15) is 0 Å². The Morgan fingerprint density at radius 3 is 3.00 bits per heavy atom. The quantitative estimate of drug-likeness (QED) is 0.875. The van der Waals surface area contributed by atoms with Crippen LogP contribution in [0.4, 0.5) is 4.39 Å². The average molecular weight is 356 g/mol. The van der Waals surface area contributed by atoms with Gasteiger partial charge in [0.25, 0.3) is 0 Å². The van der Waals surface area contributed by atoms with Crippen molar-refractivity contribution in [3.05, 3.63) is 35.6 Å². The second-order valence-electron chi connectivity index (χ2n) is 7.03. The van der Waals surface area contributed by atoms with Gasteiger partial charge in [0.15, 0.2) is 0 Å². The van der Waals surface area contributed by atoms with E-state index in [0.29, 0.717) is 6.54 Å². The number of rotatable bonds is 5. The van der Waals surface area contributed by atoms with E-state index >= 15 is 0 Å². The maximum absolute atomic E-state index is 13.3. The minimum atomic E-state index is -3.19. The number of nitrogens with zero attached hydrogens (tertiary/aromatic N) is 1. The van der Waals surface area contributed by atoms with Crippen molar-refractivity contribution in [1.82, 2.24) is 9.62 Å². The highest BCUT2D eigenvalue weighted by Crippen LogP contribution is 2.37. The van der Waals surface area contributed by atoms with Gasteiger partial charge in [-0.15, -0.1) is 0 Å². The first-order valence-electron chi connectivity index (χ1n) is 8.43. The molecule has 2 saturated heterocycles. The molecule has 0 aliphatic carbocycles. The maximum Gasteiger partial charge on any atom is 0.208 e. The molecule has 1 spiro atoms. The lowest BCUT2D eigenvalue weighted by Gasteiger charge is -2.38. The summed E-state index contributed by atoms with van der Waals surface area (Å²) < 4.78 is 44.7. The zero-order valence-electron chi connectivity index (χ0n) is 14.0. The van der Waals surface area contributed by atoms with Crippen LogP contribution in [0.1, 0.15) is 31.2 Å². The number of benzene rings is 1. The molecule has 0 aromatic heterocycles. The fourth-order valence-corrected chi connectivity index (χ4v) is 4.26. The zero-order chi connectivity index (χ0) is 17.2. The molecule has 1 N–H and O–H groups in total. The monoisotopic (exact) mass is 356 g/mol. The van der Waals surface area contributed by atoms with Crippen LogP contribution >= 0.6 is 0 Å². The van der Waals surface area contributed by atoms with Crippen LogP contribution < -0.4 is 4.72 Å². The summed E-state index contributed by atoms with van der Waals surface area (Å²) in [6.45, 7) is 2.79. The van der Waals surface area contributed by atoms with Gasteiger partial charge in [0.2, 0.25) is 10.0 Å². The summed E-state index contributed by atoms with van der Waals surface area (Å²) in [5.74, 6) is -0.206. The van der Waals surface area contributed by atoms with Gasteiger partial charge in [-0.05, 0) is 43.4 Å².